The van der Waals surface area contributed by atoms with E-state index in [0.29, 0.717) is 0 Å². The molecule has 0 nitrogen and oxygen atoms in total. The molecule has 66 valence electrons. The number of benzene rings is 1. The first-order valence-corrected chi connectivity index (χ1v) is 7.15. The summed E-state index contributed by atoms with van der Waals surface area (Å²) in [5.41, 5.74) is 4.35. The normalized spacial score (nSPS) is 14.1. The van der Waals surface area contributed by atoms with E-state index < -0.39 is 0 Å². The van der Waals surface area contributed by atoms with Gasteiger partial charge in [0.25, 0.3) is 0 Å². The average Bonchev–Trinajstić information content (AvgIpc) is 2.39. The van der Waals surface area contributed by atoms with Gasteiger partial charge in [0.05, 0.1) is 0 Å². The van der Waals surface area contributed by atoms with Crippen LogP contribution in [0.2, 0.25) is 13.1 Å². The fraction of sp³-hybridized carbons (Fsp3) is 0.250. The van der Waals surface area contributed by atoms with Crippen molar-refractivity contribution in [1.29, 1.82) is 0 Å². The fourth-order valence-electron chi connectivity index (χ4n) is 2.03. The number of hydrogen-bond donors (Lipinski definition) is 0. The molecule has 1 heteroatoms. The number of allylic oxidation sites excluding steroid dienone is 1. The Morgan fingerprint density at radius 3 is 2.46 bits per heavy atom. The van der Waals surface area contributed by atoms with Crippen LogP contribution in [0.4, 0.5) is 0 Å². The van der Waals surface area contributed by atoms with Crippen LogP contribution in [0, 0.1) is 0 Å². The molecule has 1 aromatic carbocycles. The van der Waals surface area contributed by atoms with Crippen molar-refractivity contribution in [2.75, 3.05) is 0 Å². The zero-order valence-electron chi connectivity index (χ0n) is 8.39. The van der Waals surface area contributed by atoms with Crippen LogP contribution in [0.25, 0.3) is 6.08 Å². The minimum Gasteiger partial charge on any atom is -0.0616 e. The SMILES string of the molecule is CC1=Cc2ccccc2C1=[Si](C)C. The van der Waals surface area contributed by atoms with Crippen molar-refractivity contribution in [3.05, 3.63) is 41.0 Å². The van der Waals surface area contributed by atoms with Crippen molar-refractivity contribution in [2.24, 2.45) is 0 Å². The highest BCUT2D eigenvalue weighted by atomic mass is 28.2. The van der Waals surface area contributed by atoms with Gasteiger partial charge < -0.3 is 0 Å². The maximum absolute atomic E-state index is 2.36. The third-order valence-corrected chi connectivity index (χ3v) is 4.16. The summed E-state index contributed by atoms with van der Waals surface area (Å²) in [7, 11) is -0.324. The zero-order chi connectivity index (χ0) is 9.42. The van der Waals surface area contributed by atoms with Crippen LogP contribution in [0.15, 0.2) is 29.8 Å². The summed E-state index contributed by atoms with van der Waals surface area (Å²) in [4.78, 5) is 0. The second kappa shape index (κ2) is 3.07. The molecule has 13 heavy (non-hydrogen) atoms. The Bertz CT molecular complexity index is 407. The molecule has 0 amide bonds. The molecule has 0 aliphatic heterocycles. The Hall–Kier alpha value is -0.953. The Labute approximate surface area is 81.1 Å². The molecule has 0 aromatic heterocycles. The summed E-state index contributed by atoms with van der Waals surface area (Å²) in [6.07, 6.45) is 2.31. The van der Waals surface area contributed by atoms with Crippen LogP contribution >= 0.6 is 0 Å². The Balaban J connectivity index is 2.69. The minimum absolute atomic E-state index is 0.324. The molecule has 0 bridgehead atoms. The molecule has 0 radical (unpaired) electrons. The molecule has 1 aliphatic carbocycles. The molecule has 0 N–H and O–H groups in total. The van der Waals surface area contributed by atoms with E-state index in [0.717, 1.165) is 0 Å². The van der Waals surface area contributed by atoms with Crippen LogP contribution in [-0.4, -0.2) is 13.6 Å². The van der Waals surface area contributed by atoms with Gasteiger partial charge in [-0.15, -0.1) is 0 Å². The lowest BCUT2D eigenvalue weighted by atomic mass is 10.1. The summed E-state index contributed by atoms with van der Waals surface area (Å²) in [5.74, 6) is 0. The lowest BCUT2D eigenvalue weighted by Gasteiger charge is -2.05. The topological polar surface area (TPSA) is 0 Å². The summed E-state index contributed by atoms with van der Waals surface area (Å²) in [5, 5.41) is 1.61. The predicted octanol–water partition coefficient (Wildman–Crippen LogP) is 2.96. The van der Waals surface area contributed by atoms with E-state index >= 15 is 0 Å². The van der Waals surface area contributed by atoms with Gasteiger partial charge >= 0.3 is 0 Å². The highest BCUT2D eigenvalue weighted by Gasteiger charge is 2.15. The zero-order valence-corrected chi connectivity index (χ0v) is 9.39. The largest absolute Gasteiger partial charge is 0.0616 e. The maximum atomic E-state index is 2.36. The van der Waals surface area contributed by atoms with Gasteiger partial charge in [0.2, 0.25) is 0 Å². The van der Waals surface area contributed by atoms with Gasteiger partial charge in [-0.1, -0.05) is 43.4 Å². The number of hydrogen-bond acceptors (Lipinski definition) is 0. The van der Waals surface area contributed by atoms with Crippen molar-refractivity contribution >= 4 is 19.7 Å². The Kier molecular flexibility index (Phi) is 2.04. The van der Waals surface area contributed by atoms with E-state index in [1.807, 2.05) is 0 Å². The fourth-order valence-corrected chi connectivity index (χ4v) is 3.66. The molecule has 0 unspecified atom stereocenters. The standard InChI is InChI=1S/C12H14Si/c1-9-8-10-6-4-5-7-11(10)12(9)13(2)3/h4-8H,1-3H3. The lowest BCUT2D eigenvalue weighted by Crippen LogP contribution is -2.09. The molecule has 2 rings (SSSR count). The molecular weight excluding hydrogens is 172 g/mol. The third kappa shape index (κ3) is 1.33. The molecule has 0 heterocycles. The molecule has 0 spiro atoms. The molecule has 0 atom stereocenters. The Morgan fingerprint density at radius 1 is 1.08 bits per heavy atom. The number of rotatable bonds is 0. The Morgan fingerprint density at radius 2 is 1.77 bits per heavy atom. The maximum Gasteiger partial charge on any atom is 0.0139 e. The second-order valence-electron chi connectivity index (χ2n) is 3.79. The molecule has 0 fully saturated rings. The van der Waals surface area contributed by atoms with E-state index in [-0.39, 0.29) is 8.41 Å². The van der Waals surface area contributed by atoms with Crippen LogP contribution in [0.3, 0.4) is 0 Å². The van der Waals surface area contributed by atoms with Crippen molar-refractivity contribution in [1.82, 2.24) is 0 Å². The second-order valence-corrected chi connectivity index (χ2v) is 6.29. The lowest BCUT2D eigenvalue weighted by molar-refractivity contribution is 1.64. The van der Waals surface area contributed by atoms with Gasteiger partial charge in [-0.2, -0.15) is 0 Å². The van der Waals surface area contributed by atoms with Crippen LogP contribution < -0.4 is 0 Å². The van der Waals surface area contributed by atoms with Crippen molar-refractivity contribution in [2.45, 2.75) is 20.0 Å². The smallest absolute Gasteiger partial charge is 0.0139 e. The molecule has 0 saturated heterocycles. The third-order valence-electron chi connectivity index (χ3n) is 2.50. The first-order valence-electron chi connectivity index (χ1n) is 4.65. The number of fused-ring (bicyclic) bond motifs is 1. The van der Waals surface area contributed by atoms with Crippen molar-refractivity contribution in [3.63, 3.8) is 0 Å². The van der Waals surface area contributed by atoms with Crippen LogP contribution in [0.5, 0.6) is 0 Å². The monoisotopic (exact) mass is 186 g/mol. The summed E-state index contributed by atoms with van der Waals surface area (Å²) >= 11 is 0. The van der Waals surface area contributed by atoms with E-state index in [2.05, 4.69) is 50.4 Å². The van der Waals surface area contributed by atoms with Gasteiger partial charge in [0.1, 0.15) is 0 Å². The molecule has 0 saturated carbocycles. The van der Waals surface area contributed by atoms with Crippen molar-refractivity contribution in [3.8, 4) is 0 Å². The van der Waals surface area contributed by atoms with E-state index in [1.54, 1.807) is 5.17 Å². The summed E-state index contributed by atoms with van der Waals surface area (Å²) in [6.45, 7) is 6.95. The van der Waals surface area contributed by atoms with Crippen LogP contribution in [0.1, 0.15) is 18.1 Å². The van der Waals surface area contributed by atoms with Gasteiger partial charge in [-0.05, 0) is 28.8 Å². The van der Waals surface area contributed by atoms with Crippen molar-refractivity contribution < 1.29 is 0 Å². The highest BCUT2D eigenvalue weighted by molar-refractivity contribution is 6.75. The van der Waals surface area contributed by atoms with E-state index in [4.69, 9.17) is 0 Å². The molecular formula is C12H14Si. The predicted molar refractivity (Wildman–Crippen MR) is 61.7 cm³/mol. The average molecular weight is 186 g/mol. The summed E-state index contributed by atoms with van der Waals surface area (Å²) in [6, 6.07) is 8.70. The van der Waals surface area contributed by atoms with Gasteiger partial charge in [-0.25, -0.2) is 0 Å². The van der Waals surface area contributed by atoms with E-state index in [9.17, 15) is 0 Å². The molecule has 1 aliphatic rings. The van der Waals surface area contributed by atoms with Gasteiger partial charge in [0.15, 0.2) is 0 Å². The first kappa shape index (κ1) is 8.64. The minimum atomic E-state index is -0.324. The van der Waals surface area contributed by atoms with Gasteiger partial charge in [-0.3, -0.25) is 0 Å². The van der Waals surface area contributed by atoms with Crippen LogP contribution in [-0.2, 0) is 0 Å². The first-order chi connectivity index (χ1) is 6.20. The quantitative estimate of drug-likeness (QED) is 0.546. The highest BCUT2D eigenvalue weighted by Crippen LogP contribution is 2.24. The van der Waals surface area contributed by atoms with E-state index in [1.165, 1.54) is 16.7 Å². The molecule has 1 aromatic rings. The summed E-state index contributed by atoms with van der Waals surface area (Å²) < 4.78 is 0. The van der Waals surface area contributed by atoms with Gasteiger partial charge in [0, 0.05) is 8.41 Å².